The lowest BCUT2D eigenvalue weighted by Crippen LogP contribution is -2.27. The Morgan fingerprint density at radius 2 is 1.73 bits per heavy atom. The molecule has 2 aromatic carbocycles. The molecular weight excluding hydrogens is 302 g/mol. The SMILES string of the molecule is COCCS(=O)(=O)NCc1cccc(Oc2ccccc2)c1. The third-order valence-corrected chi connectivity index (χ3v) is 4.22. The molecular formula is C16H19NO4S. The third kappa shape index (κ3) is 5.48. The van der Waals surface area contributed by atoms with Crippen LogP contribution in [0.5, 0.6) is 11.5 Å². The summed E-state index contributed by atoms with van der Waals surface area (Å²) < 4.78 is 36.5. The lowest BCUT2D eigenvalue weighted by Gasteiger charge is -2.09. The summed E-state index contributed by atoms with van der Waals surface area (Å²) in [6.07, 6.45) is 0. The van der Waals surface area contributed by atoms with Gasteiger partial charge in [-0.2, -0.15) is 0 Å². The fraction of sp³-hybridized carbons (Fsp3) is 0.250. The number of methoxy groups -OCH3 is 1. The van der Waals surface area contributed by atoms with E-state index >= 15 is 0 Å². The van der Waals surface area contributed by atoms with Crippen molar-refractivity contribution in [3.05, 3.63) is 60.2 Å². The second kappa shape index (κ2) is 7.93. The van der Waals surface area contributed by atoms with Crippen LogP contribution < -0.4 is 9.46 Å². The maximum Gasteiger partial charge on any atom is 0.214 e. The molecule has 0 aliphatic carbocycles. The molecule has 1 N–H and O–H groups in total. The highest BCUT2D eigenvalue weighted by Gasteiger charge is 2.09. The van der Waals surface area contributed by atoms with Crippen LogP contribution in [0.4, 0.5) is 0 Å². The highest BCUT2D eigenvalue weighted by Crippen LogP contribution is 2.21. The van der Waals surface area contributed by atoms with Gasteiger partial charge in [-0.05, 0) is 29.8 Å². The first kappa shape index (κ1) is 16.5. The molecule has 0 radical (unpaired) electrons. The standard InChI is InChI=1S/C16H19NO4S/c1-20-10-11-22(18,19)17-13-14-6-5-9-16(12-14)21-15-7-3-2-4-8-15/h2-9,12,17H,10-11,13H2,1H3. The minimum Gasteiger partial charge on any atom is -0.457 e. The monoisotopic (exact) mass is 321 g/mol. The topological polar surface area (TPSA) is 64.6 Å². The first-order chi connectivity index (χ1) is 10.6. The van der Waals surface area contributed by atoms with Crippen LogP contribution in [-0.4, -0.2) is 27.9 Å². The molecule has 2 rings (SSSR count). The maximum atomic E-state index is 11.7. The number of ether oxygens (including phenoxy) is 2. The quantitative estimate of drug-likeness (QED) is 0.811. The molecule has 0 saturated heterocycles. The van der Waals surface area contributed by atoms with Gasteiger partial charge >= 0.3 is 0 Å². The van der Waals surface area contributed by atoms with Gasteiger partial charge in [-0.3, -0.25) is 0 Å². The molecule has 0 atom stereocenters. The summed E-state index contributed by atoms with van der Waals surface area (Å²) >= 11 is 0. The van der Waals surface area contributed by atoms with Gasteiger partial charge in [0.25, 0.3) is 0 Å². The summed E-state index contributed by atoms with van der Waals surface area (Å²) in [5.41, 5.74) is 0.828. The average Bonchev–Trinajstić information content (AvgIpc) is 2.53. The molecule has 118 valence electrons. The number of nitrogens with one attached hydrogen (secondary N) is 1. The van der Waals surface area contributed by atoms with Gasteiger partial charge in [0.1, 0.15) is 11.5 Å². The van der Waals surface area contributed by atoms with Crippen molar-refractivity contribution < 1.29 is 17.9 Å². The van der Waals surface area contributed by atoms with Crippen molar-refractivity contribution in [1.29, 1.82) is 0 Å². The molecule has 0 fully saturated rings. The summed E-state index contributed by atoms with van der Waals surface area (Å²) in [5.74, 6) is 1.35. The van der Waals surface area contributed by atoms with Gasteiger partial charge in [-0.25, -0.2) is 13.1 Å². The molecule has 0 heterocycles. The third-order valence-electron chi connectivity index (χ3n) is 2.93. The van der Waals surface area contributed by atoms with Crippen molar-refractivity contribution in [3.8, 4) is 11.5 Å². The molecule has 0 spiro atoms. The smallest absolute Gasteiger partial charge is 0.214 e. The highest BCUT2D eigenvalue weighted by molar-refractivity contribution is 7.89. The summed E-state index contributed by atoms with van der Waals surface area (Å²) in [6, 6.07) is 16.7. The zero-order valence-corrected chi connectivity index (χ0v) is 13.2. The Bertz CT molecular complexity index is 686. The minimum absolute atomic E-state index is 0.0519. The van der Waals surface area contributed by atoms with E-state index in [1.54, 1.807) is 0 Å². The van der Waals surface area contributed by atoms with Crippen LogP contribution in [-0.2, 0) is 21.3 Å². The molecule has 0 bridgehead atoms. The van der Waals surface area contributed by atoms with E-state index in [0.717, 1.165) is 11.3 Å². The van der Waals surface area contributed by atoms with Crippen molar-refractivity contribution in [1.82, 2.24) is 4.72 Å². The largest absolute Gasteiger partial charge is 0.457 e. The van der Waals surface area contributed by atoms with Crippen LogP contribution in [0.15, 0.2) is 54.6 Å². The molecule has 0 aliphatic rings. The molecule has 0 aliphatic heterocycles. The number of benzene rings is 2. The normalized spacial score (nSPS) is 11.3. The molecule has 0 aromatic heterocycles. The Morgan fingerprint density at radius 1 is 1.00 bits per heavy atom. The Labute approximate surface area is 130 Å². The Morgan fingerprint density at radius 3 is 2.45 bits per heavy atom. The van der Waals surface area contributed by atoms with Gasteiger partial charge in [0.2, 0.25) is 10.0 Å². The van der Waals surface area contributed by atoms with Crippen molar-refractivity contribution in [2.75, 3.05) is 19.5 Å². The summed E-state index contributed by atoms with van der Waals surface area (Å²) in [6.45, 7) is 0.393. The van der Waals surface area contributed by atoms with Gasteiger partial charge in [0.15, 0.2) is 0 Å². The molecule has 0 unspecified atom stereocenters. The fourth-order valence-electron chi connectivity index (χ4n) is 1.80. The number of rotatable bonds is 8. The second-order valence-corrected chi connectivity index (χ2v) is 6.62. The zero-order valence-electron chi connectivity index (χ0n) is 12.4. The van der Waals surface area contributed by atoms with Crippen LogP contribution in [0.3, 0.4) is 0 Å². The summed E-state index contributed by atoms with van der Waals surface area (Å²) in [4.78, 5) is 0. The van der Waals surface area contributed by atoms with E-state index in [4.69, 9.17) is 9.47 Å². The first-order valence-corrected chi connectivity index (χ1v) is 8.52. The van der Waals surface area contributed by atoms with Crippen LogP contribution in [0.2, 0.25) is 0 Å². The van der Waals surface area contributed by atoms with Crippen LogP contribution in [0, 0.1) is 0 Å². The fourth-order valence-corrected chi connectivity index (χ4v) is 2.72. The lowest BCUT2D eigenvalue weighted by atomic mass is 10.2. The average molecular weight is 321 g/mol. The van der Waals surface area contributed by atoms with Crippen molar-refractivity contribution in [3.63, 3.8) is 0 Å². The number of hydrogen-bond donors (Lipinski definition) is 1. The van der Waals surface area contributed by atoms with E-state index in [1.807, 2.05) is 54.6 Å². The first-order valence-electron chi connectivity index (χ1n) is 6.87. The molecule has 0 amide bonds. The van der Waals surface area contributed by atoms with E-state index < -0.39 is 10.0 Å². The Balaban J connectivity index is 1.97. The summed E-state index contributed by atoms with van der Waals surface area (Å²) in [7, 11) is -1.86. The second-order valence-electron chi connectivity index (χ2n) is 4.70. The number of sulfonamides is 1. The number of hydrogen-bond acceptors (Lipinski definition) is 4. The molecule has 0 saturated carbocycles. The van der Waals surface area contributed by atoms with Gasteiger partial charge in [0, 0.05) is 13.7 Å². The molecule has 22 heavy (non-hydrogen) atoms. The van der Waals surface area contributed by atoms with Gasteiger partial charge in [-0.15, -0.1) is 0 Å². The maximum absolute atomic E-state index is 11.7. The van der Waals surface area contributed by atoms with E-state index in [9.17, 15) is 8.42 Å². The van der Waals surface area contributed by atoms with Crippen molar-refractivity contribution in [2.24, 2.45) is 0 Å². The van der Waals surface area contributed by atoms with E-state index in [-0.39, 0.29) is 18.9 Å². The predicted octanol–water partition coefficient (Wildman–Crippen LogP) is 2.54. The van der Waals surface area contributed by atoms with Gasteiger partial charge in [-0.1, -0.05) is 30.3 Å². The van der Waals surface area contributed by atoms with Crippen molar-refractivity contribution in [2.45, 2.75) is 6.54 Å². The van der Waals surface area contributed by atoms with E-state index in [1.165, 1.54) is 7.11 Å². The van der Waals surface area contributed by atoms with Crippen LogP contribution in [0.1, 0.15) is 5.56 Å². The van der Waals surface area contributed by atoms with E-state index in [2.05, 4.69) is 4.72 Å². The van der Waals surface area contributed by atoms with Crippen LogP contribution in [0.25, 0.3) is 0 Å². The Kier molecular flexibility index (Phi) is 5.94. The Hall–Kier alpha value is -1.89. The van der Waals surface area contributed by atoms with Crippen LogP contribution >= 0.6 is 0 Å². The summed E-state index contributed by atoms with van der Waals surface area (Å²) in [5, 5.41) is 0. The number of para-hydroxylation sites is 1. The molecule has 6 heteroatoms. The predicted molar refractivity (Wildman–Crippen MR) is 85.5 cm³/mol. The molecule has 5 nitrogen and oxygen atoms in total. The minimum atomic E-state index is -3.33. The van der Waals surface area contributed by atoms with Gasteiger partial charge < -0.3 is 9.47 Å². The highest BCUT2D eigenvalue weighted by atomic mass is 32.2. The molecule has 2 aromatic rings. The van der Waals surface area contributed by atoms with Gasteiger partial charge in [0.05, 0.1) is 12.4 Å². The lowest BCUT2D eigenvalue weighted by molar-refractivity contribution is 0.217. The van der Waals surface area contributed by atoms with Crippen molar-refractivity contribution >= 4 is 10.0 Å². The van der Waals surface area contributed by atoms with E-state index in [0.29, 0.717) is 5.75 Å². The zero-order chi connectivity index (χ0) is 15.8.